The van der Waals surface area contributed by atoms with E-state index in [4.69, 9.17) is 5.73 Å². The van der Waals surface area contributed by atoms with Crippen LogP contribution in [0, 0.1) is 6.92 Å². The normalized spacial score (nSPS) is 12.7. The van der Waals surface area contributed by atoms with Crippen molar-refractivity contribution in [2.75, 3.05) is 6.54 Å². The van der Waals surface area contributed by atoms with Crippen LogP contribution in [0.4, 0.5) is 0 Å². The van der Waals surface area contributed by atoms with Crippen LogP contribution in [0.5, 0.6) is 0 Å². The molecule has 19 heavy (non-hydrogen) atoms. The Balaban J connectivity index is 2.19. The lowest BCUT2D eigenvalue weighted by atomic mass is 9.89. The van der Waals surface area contributed by atoms with Crippen LogP contribution in [0.2, 0.25) is 0 Å². The summed E-state index contributed by atoms with van der Waals surface area (Å²) >= 11 is 0. The SMILES string of the molecule is Cc1[nH]c2ccccc2c1[C@H](CN)c1ccccc1. The number of nitrogens with two attached hydrogens (primary N) is 1. The van der Waals surface area contributed by atoms with Gasteiger partial charge in [-0.05, 0) is 24.1 Å². The number of benzene rings is 2. The number of aromatic nitrogens is 1. The third-order valence-electron chi connectivity index (χ3n) is 3.73. The fourth-order valence-corrected chi connectivity index (χ4v) is 2.85. The molecule has 96 valence electrons. The highest BCUT2D eigenvalue weighted by atomic mass is 14.7. The second-order valence-corrected chi connectivity index (χ2v) is 4.91. The van der Waals surface area contributed by atoms with Gasteiger partial charge in [-0.2, -0.15) is 0 Å². The summed E-state index contributed by atoms with van der Waals surface area (Å²) in [7, 11) is 0. The van der Waals surface area contributed by atoms with Gasteiger partial charge in [-0.25, -0.2) is 0 Å². The highest BCUT2D eigenvalue weighted by Crippen LogP contribution is 2.32. The lowest BCUT2D eigenvalue weighted by Crippen LogP contribution is -2.14. The van der Waals surface area contributed by atoms with Crippen LogP contribution in [0.25, 0.3) is 10.9 Å². The van der Waals surface area contributed by atoms with E-state index >= 15 is 0 Å². The number of rotatable bonds is 3. The molecule has 3 rings (SSSR count). The first-order chi connectivity index (χ1) is 9.31. The van der Waals surface area contributed by atoms with E-state index in [0.29, 0.717) is 6.54 Å². The molecule has 0 bridgehead atoms. The van der Waals surface area contributed by atoms with Gasteiger partial charge in [0, 0.05) is 29.1 Å². The molecule has 3 aromatic rings. The maximum absolute atomic E-state index is 6.04. The third-order valence-corrected chi connectivity index (χ3v) is 3.73. The van der Waals surface area contributed by atoms with Crippen LogP contribution in [0.1, 0.15) is 22.7 Å². The molecule has 0 unspecified atom stereocenters. The number of hydrogen-bond donors (Lipinski definition) is 2. The molecule has 0 radical (unpaired) electrons. The summed E-state index contributed by atoms with van der Waals surface area (Å²) in [4.78, 5) is 3.46. The van der Waals surface area contributed by atoms with Gasteiger partial charge in [-0.15, -0.1) is 0 Å². The molecule has 0 fully saturated rings. The zero-order valence-corrected chi connectivity index (χ0v) is 11.1. The zero-order chi connectivity index (χ0) is 13.2. The van der Waals surface area contributed by atoms with Gasteiger partial charge in [-0.1, -0.05) is 48.5 Å². The van der Waals surface area contributed by atoms with Crippen molar-refractivity contribution in [3.05, 3.63) is 71.4 Å². The first kappa shape index (κ1) is 12.0. The average Bonchev–Trinajstić information content (AvgIpc) is 2.78. The van der Waals surface area contributed by atoms with Gasteiger partial charge in [0.15, 0.2) is 0 Å². The summed E-state index contributed by atoms with van der Waals surface area (Å²) < 4.78 is 0. The third kappa shape index (κ3) is 2.04. The van der Waals surface area contributed by atoms with Gasteiger partial charge in [0.05, 0.1) is 0 Å². The van der Waals surface area contributed by atoms with Crippen molar-refractivity contribution in [1.29, 1.82) is 0 Å². The van der Waals surface area contributed by atoms with E-state index in [9.17, 15) is 0 Å². The fraction of sp³-hybridized carbons (Fsp3) is 0.176. The molecule has 2 nitrogen and oxygen atoms in total. The van der Waals surface area contributed by atoms with Crippen molar-refractivity contribution in [1.82, 2.24) is 4.98 Å². The van der Waals surface area contributed by atoms with E-state index in [1.165, 1.54) is 27.7 Å². The molecule has 3 N–H and O–H groups in total. The molecule has 1 aromatic heterocycles. The molecule has 0 saturated carbocycles. The zero-order valence-electron chi connectivity index (χ0n) is 11.1. The molecule has 1 atom stereocenters. The number of aryl methyl sites for hydroxylation is 1. The highest BCUT2D eigenvalue weighted by molar-refractivity contribution is 5.85. The Labute approximate surface area is 113 Å². The van der Waals surface area contributed by atoms with Gasteiger partial charge < -0.3 is 10.7 Å². The lowest BCUT2D eigenvalue weighted by molar-refractivity contribution is 0.817. The maximum Gasteiger partial charge on any atom is 0.0459 e. The summed E-state index contributed by atoms with van der Waals surface area (Å²) in [5.41, 5.74) is 11.0. The van der Waals surface area contributed by atoms with Crippen LogP contribution in [0.3, 0.4) is 0 Å². The summed E-state index contributed by atoms with van der Waals surface area (Å²) in [6.07, 6.45) is 0. The van der Waals surface area contributed by atoms with Crippen LogP contribution >= 0.6 is 0 Å². The Kier molecular flexibility index (Phi) is 3.10. The largest absolute Gasteiger partial charge is 0.358 e. The summed E-state index contributed by atoms with van der Waals surface area (Å²) in [6.45, 7) is 2.74. The van der Waals surface area contributed by atoms with E-state index < -0.39 is 0 Å². The smallest absolute Gasteiger partial charge is 0.0459 e. The van der Waals surface area contributed by atoms with Crippen molar-refractivity contribution in [3.63, 3.8) is 0 Å². The number of fused-ring (bicyclic) bond motifs is 1. The van der Waals surface area contributed by atoms with E-state index in [0.717, 1.165) is 0 Å². The van der Waals surface area contributed by atoms with E-state index in [-0.39, 0.29) is 5.92 Å². The standard InChI is InChI=1S/C17H18N2/c1-12-17(14-9-5-6-10-16(14)19-12)15(11-18)13-7-3-2-4-8-13/h2-10,15,19H,11,18H2,1H3/t15-/m1/s1. The van der Waals surface area contributed by atoms with E-state index in [2.05, 4.69) is 60.4 Å². The lowest BCUT2D eigenvalue weighted by Gasteiger charge is -2.16. The molecule has 2 aromatic carbocycles. The minimum Gasteiger partial charge on any atom is -0.358 e. The molecular weight excluding hydrogens is 232 g/mol. The molecule has 0 amide bonds. The van der Waals surface area contributed by atoms with Crippen molar-refractivity contribution in [3.8, 4) is 0 Å². The van der Waals surface area contributed by atoms with E-state index in [1.807, 2.05) is 6.07 Å². The Morgan fingerprint density at radius 3 is 2.42 bits per heavy atom. The molecule has 0 spiro atoms. The van der Waals surface area contributed by atoms with Crippen LogP contribution < -0.4 is 5.73 Å². The molecular formula is C17H18N2. The predicted molar refractivity (Wildman–Crippen MR) is 80.4 cm³/mol. The number of nitrogens with one attached hydrogen (secondary N) is 1. The fourth-order valence-electron chi connectivity index (χ4n) is 2.85. The molecule has 0 aliphatic carbocycles. The Morgan fingerprint density at radius 1 is 1.00 bits per heavy atom. The Bertz CT molecular complexity index is 683. The quantitative estimate of drug-likeness (QED) is 0.733. The Morgan fingerprint density at radius 2 is 1.68 bits per heavy atom. The van der Waals surface area contributed by atoms with Gasteiger partial charge >= 0.3 is 0 Å². The number of para-hydroxylation sites is 1. The molecule has 0 aliphatic heterocycles. The Hall–Kier alpha value is -2.06. The maximum atomic E-state index is 6.04. The molecule has 2 heteroatoms. The number of hydrogen-bond acceptors (Lipinski definition) is 1. The average molecular weight is 250 g/mol. The predicted octanol–water partition coefficient (Wildman–Crippen LogP) is 3.57. The molecule has 0 aliphatic rings. The van der Waals surface area contributed by atoms with Gasteiger partial charge in [0.25, 0.3) is 0 Å². The second-order valence-electron chi connectivity index (χ2n) is 4.91. The summed E-state index contributed by atoms with van der Waals surface area (Å²) in [5, 5.41) is 1.28. The first-order valence-corrected chi connectivity index (χ1v) is 6.63. The van der Waals surface area contributed by atoms with Gasteiger partial charge in [0.2, 0.25) is 0 Å². The number of aromatic amines is 1. The molecule has 0 saturated heterocycles. The minimum atomic E-state index is 0.248. The summed E-state index contributed by atoms with van der Waals surface area (Å²) in [5.74, 6) is 0.248. The summed E-state index contributed by atoms with van der Waals surface area (Å²) in [6, 6.07) is 18.9. The van der Waals surface area contributed by atoms with Crippen molar-refractivity contribution < 1.29 is 0 Å². The topological polar surface area (TPSA) is 41.8 Å². The minimum absolute atomic E-state index is 0.248. The van der Waals surface area contributed by atoms with Crippen LogP contribution in [-0.2, 0) is 0 Å². The van der Waals surface area contributed by atoms with Crippen molar-refractivity contribution in [2.24, 2.45) is 5.73 Å². The van der Waals surface area contributed by atoms with E-state index in [1.54, 1.807) is 0 Å². The highest BCUT2D eigenvalue weighted by Gasteiger charge is 2.18. The van der Waals surface area contributed by atoms with Crippen LogP contribution in [-0.4, -0.2) is 11.5 Å². The second kappa shape index (κ2) is 4.90. The van der Waals surface area contributed by atoms with Gasteiger partial charge in [0.1, 0.15) is 0 Å². The van der Waals surface area contributed by atoms with Crippen LogP contribution in [0.15, 0.2) is 54.6 Å². The first-order valence-electron chi connectivity index (χ1n) is 6.63. The number of H-pyrrole nitrogens is 1. The van der Waals surface area contributed by atoms with Crippen molar-refractivity contribution in [2.45, 2.75) is 12.8 Å². The van der Waals surface area contributed by atoms with Crippen molar-refractivity contribution >= 4 is 10.9 Å². The monoisotopic (exact) mass is 250 g/mol. The van der Waals surface area contributed by atoms with Gasteiger partial charge in [-0.3, -0.25) is 0 Å². The molecule has 1 heterocycles.